The van der Waals surface area contributed by atoms with Crippen molar-refractivity contribution < 1.29 is 9.15 Å². The van der Waals surface area contributed by atoms with E-state index in [9.17, 15) is 0 Å². The fourth-order valence-corrected chi connectivity index (χ4v) is 3.20. The van der Waals surface area contributed by atoms with Crippen LogP contribution in [0.25, 0.3) is 11.5 Å². The minimum absolute atomic E-state index is 0.683. The van der Waals surface area contributed by atoms with E-state index in [-0.39, 0.29) is 0 Å². The van der Waals surface area contributed by atoms with E-state index in [1.807, 2.05) is 37.3 Å². The van der Waals surface area contributed by atoms with Crippen LogP contribution in [0.4, 0.5) is 11.6 Å². The molecule has 0 bridgehead atoms. The number of pyridine rings is 2. The van der Waals surface area contributed by atoms with Crippen LogP contribution in [0, 0.1) is 6.92 Å². The maximum Gasteiger partial charge on any atom is 0.195 e. The van der Waals surface area contributed by atoms with Gasteiger partial charge in [0.1, 0.15) is 17.3 Å². The summed E-state index contributed by atoms with van der Waals surface area (Å²) in [6, 6.07) is 9.72. The van der Waals surface area contributed by atoms with Crippen molar-refractivity contribution >= 4 is 11.6 Å². The second-order valence-corrected chi connectivity index (χ2v) is 6.93. The van der Waals surface area contributed by atoms with Gasteiger partial charge in [0.25, 0.3) is 0 Å². The Balaban J connectivity index is 1.36. The average molecular weight is 379 g/mol. The Morgan fingerprint density at radius 3 is 2.86 bits per heavy atom. The SMILES string of the molecule is Cc1ccnc(Nc2cccc(-c3cnc(CCCN4CCOCC4)o3)n2)c1. The Bertz CT molecular complexity index is 905. The molecule has 0 saturated carbocycles. The molecule has 1 saturated heterocycles. The third-order valence-electron chi connectivity index (χ3n) is 4.70. The molecule has 1 N–H and O–H groups in total. The Morgan fingerprint density at radius 2 is 2.00 bits per heavy atom. The van der Waals surface area contributed by atoms with Gasteiger partial charge in [0, 0.05) is 25.7 Å². The van der Waals surface area contributed by atoms with Crippen molar-refractivity contribution in [1.29, 1.82) is 0 Å². The number of aryl methyl sites for hydroxylation is 2. The number of nitrogens with zero attached hydrogens (tertiary/aromatic N) is 4. The van der Waals surface area contributed by atoms with Crippen LogP contribution in [0.3, 0.4) is 0 Å². The molecule has 3 aromatic rings. The summed E-state index contributed by atoms with van der Waals surface area (Å²) >= 11 is 0. The van der Waals surface area contributed by atoms with E-state index in [2.05, 4.69) is 25.2 Å². The molecule has 7 nitrogen and oxygen atoms in total. The summed E-state index contributed by atoms with van der Waals surface area (Å²) in [4.78, 5) is 15.8. The fourth-order valence-electron chi connectivity index (χ4n) is 3.20. The van der Waals surface area contributed by atoms with E-state index < -0.39 is 0 Å². The number of aromatic nitrogens is 3. The lowest BCUT2D eigenvalue weighted by molar-refractivity contribution is 0.0373. The number of oxazole rings is 1. The van der Waals surface area contributed by atoms with Gasteiger partial charge in [-0.25, -0.2) is 15.0 Å². The van der Waals surface area contributed by atoms with E-state index in [4.69, 9.17) is 9.15 Å². The number of hydrogen-bond donors (Lipinski definition) is 1. The number of morpholine rings is 1. The highest BCUT2D eigenvalue weighted by atomic mass is 16.5. The Kier molecular flexibility index (Phi) is 5.94. The van der Waals surface area contributed by atoms with Gasteiger partial charge in [0.2, 0.25) is 0 Å². The molecule has 1 aliphatic heterocycles. The van der Waals surface area contributed by atoms with Gasteiger partial charge in [-0.2, -0.15) is 0 Å². The smallest absolute Gasteiger partial charge is 0.195 e. The van der Waals surface area contributed by atoms with Gasteiger partial charge < -0.3 is 14.5 Å². The molecule has 1 fully saturated rings. The molecule has 0 unspecified atom stereocenters. The summed E-state index contributed by atoms with van der Waals surface area (Å²) in [5.74, 6) is 2.93. The molecule has 146 valence electrons. The number of rotatable bonds is 7. The first kappa shape index (κ1) is 18.6. The lowest BCUT2D eigenvalue weighted by Crippen LogP contribution is -2.36. The van der Waals surface area contributed by atoms with Gasteiger partial charge >= 0.3 is 0 Å². The molecular weight excluding hydrogens is 354 g/mol. The summed E-state index contributed by atoms with van der Waals surface area (Å²) in [5, 5.41) is 3.23. The van der Waals surface area contributed by atoms with E-state index in [1.54, 1.807) is 12.4 Å². The van der Waals surface area contributed by atoms with E-state index >= 15 is 0 Å². The Labute approximate surface area is 164 Å². The molecule has 0 radical (unpaired) electrons. The Hall–Kier alpha value is -2.77. The highest BCUT2D eigenvalue weighted by Crippen LogP contribution is 2.22. The second-order valence-electron chi connectivity index (χ2n) is 6.93. The number of nitrogens with one attached hydrogen (secondary N) is 1. The molecule has 0 spiro atoms. The van der Waals surface area contributed by atoms with E-state index in [0.717, 1.165) is 74.5 Å². The first-order valence-electron chi connectivity index (χ1n) is 9.68. The molecule has 28 heavy (non-hydrogen) atoms. The van der Waals surface area contributed by atoms with Crippen molar-refractivity contribution in [3.63, 3.8) is 0 Å². The molecule has 3 aromatic heterocycles. The van der Waals surface area contributed by atoms with Crippen molar-refractivity contribution in [3.05, 3.63) is 54.2 Å². The number of anilines is 2. The summed E-state index contributed by atoms with van der Waals surface area (Å²) in [6.45, 7) is 6.76. The maximum absolute atomic E-state index is 5.92. The second kappa shape index (κ2) is 8.95. The third-order valence-corrected chi connectivity index (χ3v) is 4.70. The maximum atomic E-state index is 5.92. The number of hydrogen-bond acceptors (Lipinski definition) is 7. The minimum atomic E-state index is 0.683. The third kappa shape index (κ3) is 4.94. The highest BCUT2D eigenvalue weighted by Gasteiger charge is 2.12. The fraction of sp³-hybridized carbons (Fsp3) is 0.381. The molecule has 0 aromatic carbocycles. The Morgan fingerprint density at radius 1 is 1.11 bits per heavy atom. The molecular formula is C21H25N5O2. The van der Waals surface area contributed by atoms with Crippen LogP contribution in [0.2, 0.25) is 0 Å². The van der Waals surface area contributed by atoms with Crippen molar-refractivity contribution in [3.8, 4) is 11.5 Å². The van der Waals surface area contributed by atoms with Gasteiger partial charge in [0.15, 0.2) is 11.7 Å². The van der Waals surface area contributed by atoms with Crippen molar-refractivity contribution in [2.24, 2.45) is 0 Å². The first-order valence-corrected chi connectivity index (χ1v) is 9.68. The lowest BCUT2D eigenvalue weighted by Gasteiger charge is -2.26. The highest BCUT2D eigenvalue weighted by molar-refractivity contribution is 5.58. The van der Waals surface area contributed by atoms with Crippen LogP contribution in [-0.4, -0.2) is 52.7 Å². The summed E-state index contributed by atoms with van der Waals surface area (Å²) < 4.78 is 11.3. The largest absolute Gasteiger partial charge is 0.439 e. The zero-order valence-electron chi connectivity index (χ0n) is 16.1. The molecule has 4 heterocycles. The lowest BCUT2D eigenvalue weighted by atomic mass is 10.3. The number of ether oxygens (including phenoxy) is 1. The van der Waals surface area contributed by atoms with Gasteiger partial charge in [-0.3, -0.25) is 4.90 Å². The first-order chi connectivity index (χ1) is 13.8. The van der Waals surface area contributed by atoms with Crippen molar-refractivity contribution in [1.82, 2.24) is 19.9 Å². The normalized spacial score (nSPS) is 14.9. The molecule has 7 heteroatoms. The minimum Gasteiger partial charge on any atom is -0.439 e. The summed E-state index contributed by atoms with van der Waals surface area (Å²) in [7, 11) is 0. The predicted octanol–water partition coefficient (Wildman–Crippen LogP) is 3.45. The van der Waals surface area contributed by atoms with Crippen molar-refractivity contribution in [2.75, 3.05) is 38.2 Å². The van der Waals surface area contributed by atoms with Gasteiger partial charge in [-0.1, -0.05) is 6.07 Å². The van der Waals surface area contributed by atoms with Crippen LogP contribution < -0.4 is 5.32 Å². The molecule has 0 atom stereocenters. The van der Waals surface area contributed by atoms with Crippen LogP contribution in [0.15, 0.2) is 47.1 Å². The zero-order valence-corrected chi connectivity index (χ0v) is 16.1. The van der Waals surface area contributed by atoms with Gasteiger partial charge in [-0.05, 0) is 49.7 Å². The van der Waals surface area contributed by atoms with Gasteiger partial charge in [-0.15, -0.1) is 0 Å². The quantitative estimate of drug-likeness (QED) is 0.674. The molecule has 1 aliphatic rings. The van der Waals surface area contributed by atoms with Crippen LogP contribution in [0.5, 0.6) is 0 Å². The standard InChI is InChI=1S/C21H25N5O2/c1-16-7-8-22-20(14-16)25-19-5-2-4-17(24-19)18-15-23-21(28-18)6-3-9-26-10-12-27-13-11-26/h2,4-5,7-8,14-15H,3,6,9-13H2,1H3,(H,22,24,25). The van der Waals surface area contributed by atoms with Gasteiger partial charge in [0.05, 0.1) is 19.4 Å². The van der Waals surface area contributed by atoms with E-state index in [0.29, 0.717) is 5.76 Å². The molecule has 4 rings (SSSR count). The molecule has 0 amide bonds. The summed E-state index contributed by atoms with van der Waals surface area (Å²) in [6.07, 6.45) is 5.37. The predicted molar refractivity (Wildman–Crippen MR) is 108 cm³/mol. The van der Waals surface area contributed by atoms with Crippen LogP contribution in [-0.2, 0) is 11.2 Å². The van der Waals surface area contributed by atoms with E-state index in [1.165, 1.54) is 0 Å². The monoisotopic (exact) mass is 379 g/mol. The topological polar surface area (TPSA) is 76.3 Å². The van der Waals surface area contributed by atoms with Crippen LogP contribution >= 0.6 is 0 Å². The average Bonchev–Trinajstić information content (AvgIpc) is 3.18. The van der Waals surface area contributed by atoms with Crippen LogP contribution in [0.1, 0.15) is 17.9 Å². The molecule has 0 aliphatic carbocycles. The zero-order chi connectivity index (χ0) is 19.2. The van der Waals surface area contributed by atoms with Crippen molar-refractivity contribution in [2.45, 2.75) is 19.8 Å². The summed E-state index contributed by atoms with van der Waals surface area (Å²) in [5.41, 5.74) is 1.90.